The minimum atomic E-state index is -0.198. The Bertz CT molecular complexity index is 1110. The van der Waals surface area contributed by atoms with Crippen LogP contribution in [0.3, 0.4) is 0 Å². The predicted octanol–water partition coefficient (Wildman–Crippen LogP) is 3.00. The first kappa shape index (κ1) is 17.2. The number of benzene rings is 1. The van der Waals surface area contributed by atoms with Crippen molar-refractivity contribution < 1.29 is 4.79 Å². The molecule has 0 radical (unpaired) electrons. The van der Waals surface area contributed by atoms with Crippen LogP contribution in [0.2, 0.25) is 0 Å². The molecule has 6 nitrogen and oxygen atoms in total. The molecule has 0 saturated heterocycles. The van der Waals surface area contributed by atoms with Gasteiger partial charge in [0.15, 0.2) is 5.65 Å². The molecule has 0 spiro atoms. The highest BCUT2D eigenvalue weighted by Crippen LogP contribution is 2.23. The lowest BCUT2D eigenvalue weighted by atomic mass is 10.1. The van der Waals surface area contributed by atoms with Gasteiger partial charge >= 0.3 is 0 Å². The van der Waals surface area contributed by atoms with Gasteiger partial charge in [0.1, 0.15) is 0 Å². The van der Waals surface area contributed by atoms with Gasteiger partial charge in [-0.05, 0) is 23.4 Å². The second-order valence-corrected chi connectivity index (χ2v) is 7.14. The summed E-state index contributed by atoms with van der Waals surface area (Å²) in [5.41, 5.74) is 2.86. The highest BCUT2D eigenvalue weighted by Gasteiger charge is 2.09. The zero-order chi connectivity index (χ0) is 18.6. The second kappa shape index (κ2) is 7.59. The summed E-state index contributed by atoms with van der Waals surface area (Å²) in [6.45, 7) is 0.235. The van der Waals surface area contributed by atoms with Gasteiger partial charge in [-0.1, -0.05) is 36.4 Å². The third kappa shape index (κ3) is 3.98. The molecule has 0 unspecified atom stereocenters. The summed E-state index contributed by atoms with van der Waals surface area (Å²) in [5, 5.41) is 7.88. The van der Waals surface area contributed by atoms with E-state index >= 15 is 0 Å². The van der Waals surface area contributed by atoms with Gasteiger partial charge in [-0.25, -0.2) is 9.50 Å². The fourth-order valence-electron chi connectivity index (χ4n) is 2.87. The summed E-state index contributed by atoms with van der Waals surface area (Å²) in [6, 6.07) is 17.1. The molecule has 1 aromatic carbocycles. The van der Waals surface area contributed by atoms with E-state index in [4.69, 9.17) is 0 Å². The maximum atomic E-state index is 12.3. The minimum Gasteiger partial charge on any atom is -0.350 e. The molecule has 0 aliphatic rings. The molecule has 136 valence electrons. The Balaban J connectivity index is 1.43. The second-order valence-electron chi connectivity index (χ2n) is 6.19. The van der Waals surface area contributed by atoms with Gasteiger partial charge in [0.25, 0.3) is 5.56 Å². The molecule has 0 bridgehead atoms. The normalized spacial score (nSPS) is 11.0. The van der Waals surface area contributed by atoms with Crippen LogP contribution in [0.15, 0.2) is 64.8 Å². The topological polar surface area (TPSA) is 79.3 Å². The van der Waals surface area contributed by atoms with E-state index in [1.807, 2.05) is 53.9 Å². The average Bonchev–Trinajstić information content (AvgIpc) is 3.35. The number of fused-ring (bicyclic) bond motifs is 1. The third-order valence-electron chi connectivity index (χ3n) is 4.24. The number of rotatable bonds is 6. The number of H-pyrrole nitrogens is 1. The lowest BCUT2D eigenvalue weighted by molar-refractivity contribution is -0.121. The number of hydrogen-bond donors (Lipinski definition) is 2. The Morgan fingerprint density at radius 3 is 2.78 bits per heavy atom. The van der Waals surface area contributed by atoms with Crippen LogP contribution in [0.1, 0.15) is 17.7 Å². The molecule has 3 heterocycles. The highest BCUT2D eigenvalue weighted by atomic mass is 32.1. The van der Waals surface area contributed by atoms with Gasteiger partial charge in [-0.2, -0.15) is 0 Å². The number of hydrogen-bond acceptors (Lipinski definition) is 4. The lowest BCUT2D eigenvalue weighted by Gasteiger charge is -2.05. The number of aromatic nitrogens is 3. The molecule has 4 aromatic rings. The Labute approximate surface area is 159 Å². The van der Waals surface area contributed by atoms with Gasteiger partial charge in [0, 0.05) is 18.6 Å². The first-order valence-electron chi connectivity index (χ1n) is 8.65. The van der Waals surface area contributed by atoms with Gasteiger partial charge in [-0.3, -0.25) is 14.7 Å². The van der Waals surface area contributed by atoms with Gasteiger partial charge < -0.3 is 5.32 Å². The van der Waals surface area contributed by atoms with Crippen molar-refractivity contribution in [3.05, 3.63) is 81.6 Å². The molecule has 3 aromatic heterocycles. The molecule has 0 atom stereocenters. The van der Waals surface area contributed by atoms with Crippen LogP contribution < -0.4 is 10.9 Å². The fourth-order valence-corrected chi connectivity index (χ4v) is 3.56. The molecule has 4 rings (SSSR count). The van der Waals surface area contributed by atoms with E-state index in [0.717, 1.165) is 16.1 Å². The molecule has 0 fully saturated rings. The van der Waals surface area contributed by atoms with Crippen molar-refractivity contribution >= 4 is 22.9 Å². The predicted molar refractivity (Wildman–Crippen MR) is 106 cm³/mol. The molecule has 0 aliphatic carbocycles. The molecular formula is C20H18N4O2S. The smallest absolute Gasteiger partial charge is 0.272 e. The number of nitrogens with one attached hydrogen (secondary N) is 2. The van der Waals surface area contributed by atoms with Crippen molar-refractivity contribution in [2.45, 2.75) is 19.4 Å². The summed E-state index contributed by atoms with van der Waals surface area (Å²) in [5.74, 6) is -0.0609. The lowest BCUT2D eigenvalue weighted by Crippen LogP contribution is -2.25. The Morgan fingerprint density at radius 2 is 2.00 bits per heavy atom. The average molecular weight is 378 g/mol. The Kier molecular flexibility index (Phi) is 4.84. The molecule has 2 N–H and O–H groups in total. The first-order valence-corrected chi connectivity index (χ1v) is 9.53. The van der Waals surface area contributed by atoms with Gasteiger partial charge in [-0.15, -0.1) is 11.3 Å². The van der Waals surface area contributed by atoms with E-state index < -0.39 is 0 Å². The maximum Gasteiger partial charge on any atom is 0.272 e. The van der Waals surface area contributed by atoms with E-state index in [-0.39, 0.29) is 18.0 Å². The van der Waals surface area contributed by atoms with E-state index in [1.54, 1.807) is 11.3 Å². The zero-order valence-electron chi connectivity index (χ0n) is 14.5. The molecule has 1 amide bonds. The quantitative estimate of drug-likeness (QED) is 0.541. The Morgan fingerprint density at radius 1 is 1.15 bits per heavy atom. The highest BCUT2D eigenvalue weighted by molar-refractivity contribution is 7.13. The van der Waals surface area contributed by atoms with Crippen LogP contribution >= 0.6 is 11.3 Å². The molecule has 27 heavy (non-hydrogen) atoms. The number of carbonyl (C=O) groups is 1. The van der Waals surface area contributed by atoms with Crippen molar-refractivity contribution in [3.8, 4) is 10.6 Å². The van der Waals surface area contributed by atoms with Crippen LogP contribution in [-0.4, -0.2) is 20.5 Å². The van der Waals surface area contributed by atoms with E-state index in [2.05, 4.69) is 15.4 Å². The minimum absolute atomic E-state index is 0.0609. The summed E-state index contributed by atoms with van der Waals surface area (Å²) in [4.78, 5) is 29.9. The van der Waals surface area contributed by atoms with Crippen molar-refractivity contribution in [1.29, 1.82) is 0 Å². The summed E-state index contributed by atoms with van der Waals surface area (Å²) < 4.78 is 1.41. The first-order chi connectivity index (χ1) is 13.2. The van der Waals surface area contributed by atoms with E-state index in [0.29, 0.717) is 24.2 Å². The van der Waals surface area contributed by atoms with E-state index in [9.17, 15) is 9.59 Å². The van der Waals surface area contributed by atoms with Crippen molar-refractivity contribution in [2.75, 3.05) is 0 Å². The maximum absolute atomic E-state index is 12.3. The van der Waals surface area contributed by atoms with Gasteiger partial charge in [0.2, 0.25) is 5.91 Å². The number of amides is 1. The molecule has 0 aliphatic heterocycles. The monoisotopic (exact) mass is 378 g/mol. The van der Waals surface area contributed by atoms with Crippen LogP contribution in [-0.2, 0) is 17.8 Å². The standard InChI is InChI=1S/C20H18N4O2S/c25-19(9-8-14-5-2-1-3-6-14)21-13-15-11-20(26)24-18(22-15)12-16(23-24)17-7-4-10-27-17/h1-7,10-12,23H,8-9,13H2,(H,21,25). The number of aryl methyl sites for hydroxylation is 1. The van der Waals surface area contributed by atoms with Crippen molar-refractivity contribution in [1.82, 2.24) is 19.9 Å². The van der Waals surface area contributed by atoms with Crippen molar-refractivity contribution in [3.63, 3.8) is 0 Å². The Hall–Kier alpha value is -3.19. The summed E-state index contributed by atoms with van der Waals surface area (Å²) in [7, 11) is 0. The van der Waals surface area contributed by atoms with Crippen LogP contribution in [0.25, 0.3) is 16.2 Å². The largest absolute Gasteiger partial charge is 0.350 e. The van der Waals surface area contributed by atoms with Crippen LogP contribution in [0.4, 0.5) is 0 Å². The van der Waals surface area contributed by atoms with Crippen LogP contribution in [0, 0.1) is 0 Å². The number of carbonyl (C=O) groups excluding carboxylic acids is 1. The van der Waals surface area contributed by atoms with Crippen molar-refractivity contribution in [2.24, 2.45) is 0 Å². The number of aromatic amines is 1. The summed E-state index contributed by atoms with van der Waals surface area (Å²) >= 11 is 1.59. The number of nitrogens with zero attached hydrogens (tertiary/aromatic N) is 2. The van der Waals surface area contributed by atoms with Crippen LogP contribution in [0.5, 0.6) is 0 Å². The summed E-state index contributed by atoms with van der Waals surface area (Å²) in [6.07, 6.45) is 1.09. The number of thiophene rings is 1. The zero-order valence-corrected chi connectivity index (χ0v) is 15.3. The molecule has 7 heteroatoms. The van der Waals surface area contributed by atoms with E-state index in [1.165, 1.54) is 10.6 Å². The fraction of sp³-hybridized carbons (Fsp3) is 0.150. The van der Waals surface area contributed by atoms with Gasteiger partial charge in [0.05, 0.1) is 22.8 Å². The third-order valence-corrected chi connectivity index (χ3v) is 5.14. The SMILES string of the molecule is O=C(CCc1ccccc1)NCc1cc(=O)n2[nH]c(-c3cccs3)cc2n1. The molecule has 0 saturated carbocycles. The molecular weight excluding hydrogens is 360 g/mol.